The minimum Gasteiger partial charge on any atom is -0.360 e. The van der Waals surface area contributed by atoms with Gasteiger partial charge in [0.15, 0.2) is 0 Å². The van der Waals surface area contributed by atoms with E-state index in [0.29, 0.717) is 22.2 Å². The second-order valence-corrected chi connectivity index (χ2v) is 4.88. The molecule has 6 heteroatoms. The van der Waals surface area contributed by atoms with Crippen molar-refractivity contribution < 1.29 is 13.6 Å². The SMILES string of the molecule is O=C(Nc1ccc(F)c(Cl)c1)c1c[nH]c2cc(F)ccc12. The van der Waals surface area contributed by atoms with E-state index >= 15 is 0 Å². The van der Waals surface area contributed by atoms with Crippen molar-refractivity contribution in [2.75, 3.05) is 5.32 Å². The quantitative estimate of drug-likeness (QED) is 0.726. The number of aromatic amines is 1. The minimum atomic E-state index is -0.558. The molecule has 0 atom stereocenters. The summed E-state index contributed by atoms with van der Waals surface area (Å²) in [5.41, 5.74) is 1.27. The van der Waals surface area contributed by atoms with Crippen LogP contribution in [0.1, 0.15) is 10.4 Å². The van der Waals surface area contributed by atoms with E-state index in [9.17, 15) is 13.6 Å². The van der Waals surface area contributed by atoms with Crippen LogP contribution in [0, 0.1) is 11.6 Å². The molecule has 1 heterocycles. The molecule has 0 aliphatic carbocycles. The summed E-state index contributed by atoms with van der Waals surface area (Å²) in [4.78, 5) is 15.0. The molecular formula is C15H9ClF2N2O. The fraction of sp³-hybridized carbons (Fsp3) is 0. The Bertz CT molecular complexity index is 845. The molecule has 0 saturated heterocycles. The monoisotopic (exact) mass is 306 g/mol. The Balaban J connectivity index is 1.91. The van der Waals surface area contributed by atoms with E-state index in [1.807, 2.05) is 0 Å². The molecule has 3 aromatic rings. The van der Waals surface area contributed by atoms with Crippen LogP contribution in [0.4, 0.5) is 14.5 Å². The zero-order valence-electron chi connectivity index (χ0n) is 10.6. The normalized spacial score (nSPS) is 10.8. The lowest BCUT2D eigenvalue weighted by Crippen LogP contribution is -2.11. The van der Waals surface area contributed by atoms with Crippen LogP contribution in [0.2, 0.25) is 5.02 Å². The second kappa shape index (κ2) is 5.18. The summed E-state index contributed by atoms with van der Waals surface area (Å²) in [5, 5.41) is 3.14. The van der Waals surface area contributed by atoms with E-state index in [1.54, 1.807) is 0 Å². The number of hydrogen-bond acceptors (Lipinski definition) is 1. The molecule has 1 aromatic heterocycles. The summed E-state index contributed by atoms with van der Waals surface area (Å²) in [6, 6.07) is 8.01. The van der Waals surface area contributed by atoms with Gasteiger partial charge in [-0.2, -0.15) is 0 Å². The van der Waals surface area contributed by atoms with Gasteiger partial charge >= 0.3 is 0 Å². The van der Waals surface area contributed by atoms with Gasteiger partial charge in [-0.25, -0.2) is 8.78 Å². The molecule has 0 spiro atoms. The number of nitrogens with one attached hydrogen (secondary N) is 2. The molecule has 1 amide bonds. The Labute approximate surface area is 123 Å². The molecule has 0 aliphatic heterocycles. The van der Waals surface area contributed by atoms with Gasteiger partial charge in [-0.1, -0.05) is 11.6 Å². The van der Waals surface area contributed by atoms with Crippen molar-refractivity contribution in [1.29, 1.82) is 0 Å². The van der Waals surface area contributed by atoms with E-state index < -0.39 is 11.7 Å². The minimum absolute atomic E-state index is 0.0752. The Kier molecular flexibility index (Phi) is 3.35. The summed E-state index contributed by atoms with van der Waals surface area (Å²) in [5.74, 6) is -1.34. The average Bonchev–Trinajstić information content (AvgIpc) is 2.85. The van der Waals surface area contributed by atoms with Crippen LogP contribution in [0.5, 0.6) is 0 Å². The zero-order chi connectivity index (χ0) is 15.0. The van der Waals surface area contributed by atoms with Crippen LogP contribution >= 0.6 is 11.6 Å². The van der Waals surface area contributed by atoms with Gasteiger partial charge in [0.2, 0.25) is 0 Å². The number of halogens is 3. The van der Waals surface area contributed by atoms with E-state index in [0.717, 1.165) is 0 Å². The average molecular weight is 307 g/mol. The van der Waals surface area contributed by atoms with Crippen molar-refractivity contribution in [3.8, 4) is 0 Å². The van der Waals surface area contributed by atoms with Gasteiger partial charge in [-0.15, -0.1) is 0 Å². The predicted octanol–water partition coefficient (Wildman–Crippen LogP) is 4.35. The fourth-order valence-corrected chi connectivity index (χ4v) is 2.24. The van der Waals surface area contributed by atoms with Crippen LogP contribution in [0.15, 0.2) is 42.6 Å². The number of amides is 1. The first-order valence-corrected chi connectivity index (χ1v) is 6.45. The van der Waals surface area contributed by atoms with Gasteiger partial charge in [-0.05, 0) is 36.4 Å². The van der Waals surface area contributed by atoms with Crippen LogP contribution < -0.4 is 5.32 Å². The van der Waals surface area contributed by atoms with Crippen molar-refractivity contribution in [2.45, 2.75) is 0 Å². The summed E-state index contributed by atoms with van der Waals surface area (Å²) in [6.07, 6.45) is 1.49. The standard InChI is InChI=1S/C15H9ClF2N2O/c16-12-6-9(2-4-13(12)18)20-15(21)11-7-19-14-5-8(17)1-3-10(11)14/h1-7,19H,(H,20,21). The lowest BCUT2D eigenvalue weighted by atomic mass is 10.1. The maximum Gasteiger partial charge on any atom is 0.257 e. The summed E-state index contributed by atoms with van der Waals surface area (Å²) >= 11 is 5.66. The van der Waals surface area contributed by atoms with E-state index in [-0.39, 0.29) is 10.8 Å². The van der Waals surface area contributed by atoms with Crippen LogP contribution in [0.25, 0.3) is 10.9 Å². The zero-order valence-corrected chi connectivity index (χ0v) is 11.3. The Morgan fingerprint density at radius 2 is 1.95 bits per heavy atom. The molecule has 2 N–H and O–H groups in total. The molecular weight excluding hydrogens is 298 g/mol. The number of aromatic nitrogens is 1. The first kappa shape index (κ1) is 13.6. The van der Waals surface area contributed by atoms with Crippen LogP contribution in [-0.2, 0) is 0 Å². The van der Waals surface area contributed by atoms with Gasteiger partial charge in [-0.3, -0.25) is 4.79 Å². The Morgan fingerprint density at radius 3 is 2.71 bits per heavy atom. The lowest BCUT2D eigenvalue weighted by molar-refractivity contribution is 0.102. The van der Waals surface area contributed by atoms with E-state index in [1.165, 1.54) is 42.6 Å². The lowest BCUT2D eigenvalue weighted by Gasteiger charge is -2.05. The third-order valence-electron chi connectivity index (χ3n) is 3.07. The van der Waals surface area contributed by atoms with Crippen molar-refractivity contribution in [3.63, 3.8) is 0 Å². The number of benzene rings is 2. The number of rotatable bonds is 2. The number of carbonyl (C=O) groups is 1. The molecule has 0 fully saturated rings. The molecule has 0 aliphatic rings. The van der Waals surface area contributed by atoms with Crippen molar-refractivity contribution >= 4 is 34.1 Å². The fourth-order valence-electron chi connectivity index (χ4n) is 2.06. The highest BCUT2D eigenvalue weighted by Gasteiger charge is 2.13. The number of carbonyl (C=O) groups excluding carboxylic acids is 1. The number of hydrogen-bond donors (Lipinski definition) is 2. The maximum atomic E-state index is 13.1. The van der Waals surface area contributed by atoms with Crippen molar-refractivity contribution in [1.82, 2.24) is 4.98 Å². The smallest absolute Gasteiger partial charge is 0.257 e. The van der Waals surface area contributed by atoms with Crippen LogP contribution in [-0.4, -0.2) is 10.9 Å². The number of fused-ring (bicyclic) bond motifs is 1. The molecule has 0 unspecified atom stereocenters. The first-order chi connectivity index (χ1) is 10.0. The highest BCUT2D eigenvalue weighted by Crippen LogP contribution is 2.23. The summed E-state index contributed by atoms with van der Waals surface area (Å²) in [7, 11) is 0. The number of anilines is 1. The highest BCUT2D eigenvalue weighted by atomic mass is 35.5. The molecule has 3 rings (SSSR count). The highest BCUT2D eigenvalue weighted by molar-refractivity contribution is 6.31. The van der Waals surface area contributed by atoms with Crippen molar-refractivity contribution in [3.05, 3.63) is 64.8 Å². The summed E-state index contributed by atoms with van der Waals surface area (Å²) in [6.45, 7) is 0. The van der Waals surface area contributed by atoms with E-state index in [2.05, 4.69) is 10.3 Å². The topological polar surface area (TPSA) is 44.9 Å². The third-order valence-corrected chi connectivity index (χ3v) is 3.36. The first-order valence-electron chi connectivity index (χ1n) is 6.07. The van der Waals surface area contributed by atoms with Gasteiger partial charge < -0.3 is 10.3 Å². The molecule has 0 bridgehead atoms. The molecule has 106 valence electrons. The van der Waals surface area contributed by atoms with E-state index in [4.69, 9.17) is 11.6 Å². The van der Waals surface area contributed by atoms with Gasteiger partial charge in [0.05, 0.1) is 10.6 Å². The van der Waals surface area contributed by atoms with Crippen LogP contribution in [0.3, 0.4) is 0 Å². The van der Waals surface area contributed by atoms with Gasteiger partial charge in [0.25, 0.3) is 5.91 Å². The molecule has 3 nitrogen and oxygen atoms in total. The van der Waals surface area contributed by atoms with Gasteiger partial charge in [0.1, 0.15) is 11.6 Å². The Hall–Kier alpha value is -2.40. The Morgan fingerprint density at radius 1 is 1.14 bits per heavy atom. The summed E-state index contributed by atoms with van der Waals surface area (Å²) < 4.78 is 26.2. The second-order valence-electron chi connectivity index (χ2n) is 4.48. The molecule has 0 saturated carbocycles. The molecule has 2 aromatic carbocycles. The molecule has 21 heavy (non-hydrogen) atoms. The van der Waals surface area contributed by atoms with Crippen molar-refractivity contribution in [2.24, 2.45) is 0 Å². The predicted molar refractivity (Wildman–Crippen MR) is 77.6 cm³/mol. The third kappa shape index (κ3) is 2.60. The maximum absolute atomic E-state index is 13.1. The molecule has 0 radical (unpaired) electrons. The van der Waals surface area contributed by atoms with Gasteiger partial charge in [0, 0.05) is 22.8 Å². The largest absolute Gasteiger partial charge is 0.360 e. The number of H-pyrrole nitrogens is 1.